The Kier molecular flexibility index (Phi) is 13.1. The molecule has 0 aliphatic heterocycles. The average Bonchev–Trinajstić information content (AvgIpc) is 2.32. The fourth-order valence-corrected chi connectivity index (χ4v) is 1.86. The van der Waals surface area contributed by atoms with E-state index >= 15 is 0 Å². The lowest BCUT2D eigenvalue weighted by atomic mass is 10.0. The van der Waals surface area contributed by atoms with E-state index in [4.69, 9.17) is 20.7 Å². The minimum Gasteiger partial charge on any atom is -0.481 e. The van der Waals surface area contributed by atoms with Crippen molar-refractivity contribution in [3.63, 3.8) is 0 Å². The van der Waals surface area contributed by atoms with Crippen molar-refractivity contribution in [1.82, 2.24) is 5.32 Å². The Balaban J connectivity index is 0. The molecular weight excluding hydrogens is 296 g/mol. The smallest absolute Gasteiger partial charge is 0.326 e. The van der Waals surface area contributed by atoms with Gasteiger partial charge in [-0.15, -0.1) is 0 Å². The van der Waals surface area contributed by atoms with Crippen LogP contribution in [0, 0.1) is 5.92 Å². The number of hydrogen-bond acceptors (Lipinski definition) is 5. The summed E-state index contributed by atoms with van der Waals surface area (Å²) in [6, 6.07) is -1.47. The molecule has 124 valence electrons. The average molecular weight is 322 g/mol. The van der Waals surface area contributed by atoms with E-state index in [2.05, 4.69) is 5.32 Å². The van der Waals surface area contributed by atoms with Crippen molar-refractivity contribution in [2.24, 2.45) is 11.7 Å². The Morgan fingerprint density at radius 2 is 1.71 bits per heavy atom. The SMILES string of the molecule is CC(=O)O.CSCC[C@@H](NC(=O)[C@@H](N)CC(C)C)C(=O)O. The van der Waals surface area contributed by atoms with E-state index in [1.165, 1.54) is 0 Å². The summed E-state index contributed by atoms with van der Waals surface area (Å²) in [5, 5.41) is 18.8. The largest absolute Gasteiger partial charge is 0.481 e. The van der Waals surface area contributed by atoms with Crippen molar-refractivity contribution in [3.05, 3.63) is 0 Å². The lowest BCUT2D eigenvalue weighted by Crippen LogP contribution is -2.49. The molecule has 0 rings (SSSR count). The van der Waals surface area contributed by atoms with E-state index in [0.717, 1.165) is 6.92 Å². The fraction of sp³-hybridized carbons (Fsp3) is 0.769. The second kappa shape index (κ2) is 12.5. The maximum atomic E-state index is 11.7. The minimum atomic E-state index is -1.01. The normalized spacial score (nSPS) is 12.9. The number of carbonyl (C=O) groups is 3. The van der Waals surface area contributed by atoms with Gasteiger partial charge in [-0.2, -0.15) is 11.8 Å². The van der Waals surface area contributed by atoms with Crippen LogP contribution < -0.4 is 11.1 Å². The van der Waals surface area contributed by atoms with E-state index in [0.29, 0.717) is 24.5 Å². The first-order valence-corrected chi connectivity index (χ1v) is 7.98. The molecule has 7 nitrogen and oxygen atoms in total. The number of aliphatic carboxylic acids is 2. The Hall–Kier alpha value is -1.28. The number of nitrogens with one attached hydrogen (secondary N) is 1. The molecule has 21 heavy (non-hydrogen) atoms. The van der Waals surface area contributed by atoms with Crippen LogP contribution in [0.4, 0.5) is 0 Å². The number of thioether (sulfide) groups is 1. The standard InChI is InChI=1S/C11H22N2O3S.C2H4O2/c1-7(2)6-8(12)10(14)13-9(11(15)16)4-5-17-3;1-2(3)4/h7-9H,4-6,12H2,1-3H3,(H,13,14)(H,15,16);1H3,(H,3,4)/t8-,9+;/m0./s1. The third-order valence-electron chi connectivity index (χ3n) is 2.29. The Morgan fingerprint density at radius 3 is 2.05 bits per heavy atom. The van der Waals surface area contributed by atoms with E-state index in [1.807, 2.05) is 20.1 Å². The lowest BCUT2D eigenvalue weighted by molar-refractivity contribution is -0.142. The first-order valence-electron chi connectivity index (χ1n) is 6.59. The molecule has 0 aromatic carbocycles. The highest BCUT2D eigenvalue weighted by Gasteiger charge is 2.23. The summed E-state index contributed by atoms with van der Waals surface area (Å²) in [6.07, 6.45) is 2.86. The number of carboxylic acids is 2. The Morgan fingerprint density at radius 1 is 1.24 bits per heavy atom. The van der Waals surface area contributed by atoms with Crippen molar-refractivity contribution >= 4 is 29.6 Å². The van der Waals surface area contributed by atoms with Crippen molar-refractivity contribution in [2.45, 2.75) is 45.7 Å². The molecule has 0 spiro atoms. The molecule has 0 aromatic rings. The Labute approximate surface area is 129 Å². The first-order chi connectivity index (χ1) is 9.61. The molecule has 0 heterocycles. The van der Waals surface area contributed by atoms with Gasteiger partial charge < -0.3 is 21.3 Å². The monoisotopic (exact) mass is 322 g/mol. The zero-order valence-electron chi connectivity index (χ0n) is 13.0. The van der Waals surface area contributed by atoms with Crippen molar-refractivity contribution < 1.29 is 24.6 Å². The molecule has 0 saturated carbocycles. The Bertz CT molecular complexity index is 333. The second-order valence-electron chi connectivity index (χ2n) is 4.94. The molecule has 2 atom stereocenters. The molecule has 8 heteroatoms. The van der Waals surface area contributed by atoms with Crippen molar-refractivity contribution in [3.8, 4) is 0 Å². The van der Waals surface area contributed by atoms with E-state index in [1.54, 1.807) is 11.8 Å². The van der Waals surface area contributed by atoms with Crippen LogP contribution in [0.1, 0.15) is 33.6 Å². The zero-order valence-corrected chi connectivity index (χ0v) is 13.8. The summed E-state index contributed by atoms with van der Waals surface area (Å²) in [5.41, 5.74) is 5.69. The molecule has 1 amide bonds. The maximum absolute atomic E-state index is 11.7. The molecule has 0 saturated heterocycles. The summed E-state index contributed by atoms with van der Waals surface area (Å²) >= 11 is 1.55. The van der Waals surface area contributed by atoms with E-state index in [-0.39, 0.29) is 5.91 Å². The first kappa shape index (κ1) is 22.0. The van der Waals surface area contributed by atoms with Crippen LogP contribution in [0.5, 0.6) is 0 Å². The molecule has 5 N–H and O–H groups in total. The topological polar surface area (TPSA) is 130 Å². The summed E-state index contributed by atoms with van der Waals surface area (Å²) in [4.78, 5) is 31.6. The van der Waals surface area contributed by atoms with Gasteiger partial charge in [-0.1, -0.05) is 13.8 Å². The highest BCUT2D eigenvalue weighted by atomic mass is 32.2. The van der Waals surface area contributed by atoms with Crippen molar-refractivity contribution in [1.29, 1.82) is 0 Å². The summed E-state index contributed by atoms with van der Waals surface area (Å²) in [7, 11) is 0. The second-order valence-corrected chi connectivity index (χ2v) is 5.92. The number of carboxylic acid groups (broad SMARTS) is 2. The molecule has 0 aliphatic carbocycles. The van der Waals surface area contributed by atoms with Gasteiger partial charge in [-0.3, -0.25) is 9.59 Å². The van der Waals surface area contributed by atoms with Crippen LogP contribution in [0.15, 0.2) is 0 Å². The number of hydrogen-bond donors (Lipinski definition) is 4. The zero-order chi connectivity index (χ0) is 17.0. The highest BCUT2D eigenvalue weighted by Crippen LogP contribution is 2.05. The van der Waals surface area contributed by atoms with Crippen LogP contribution >= 0.6 is 11.8 Å². The summed E-state index contributed by atoms with van der Waals surface area (Å²) < 4.78 is 0. The molecule has 0 radical (unpaired) electrons. The predicted octanol–water partition coefficient (Wildman–Crippen LogP) is 0.773. The van der Waals surface area contributed by atoms with E-state index in [9.17, 15) is 9.59 Å². The van der Waals surface area contributed by atoms with Gasteiger partial charge in [0.2, 0.25) is 5.91 Å². The van der Waals surface area contributed by atoms with Gasteiger partial charge in [0.1, 0.15) is 6.04 Å². The number of amides is 1. The number of carbonyl (C=O) groups excluding carboxylic acids is 1. The molecule has 0 fully saturated rings. The molecule has 0 aliphatic rings. The van der Waals surface area contributed by atoms with E-state index < -0.39 is 24.0 Å². The van der Waals surface area contributed by atoms with Crippen LogP contribution in [0.3, 0.4) is 0 Å². The molecular formula is C13H26N2O5S. The number of rotatable bonds is 8. The molecule has 0 aromatic heterocycles. The fourth-order valence-electron chi connectivity index (χ4n) is 1.39. The van der Waals surface area contributed by atoms with Gasteiger partial charge in [0.15, 0.2) is 0 Å². The quantitative estimate of drug-likeness (QED) is 0.519. The maximum Gasteiger partial charge on any atom is 0.326 e. The van der Waals surface area contributed by atoms with Gasteiger partial charge in [-0.05, 0) is 30.8 Å². The van der Waals surface area contributed by atoms with Gasteiger partial charge in [0, 0.05) is 6.92 Å². The van der Waals surface area contributed by atoms with Crippen LogP contribution in [0.25, 0.3) is 0 Å². The van der Waals surface area contributed by atoms with Crippen LogP contribution in [-0.2, 0) is 14.4 Å². The molecule has 0 unspecified atom stereocenters. The van der Waals surface area contributed by atoms with Gasteiger partial charge in [-0.25, -0.2) is 4.79 Å². The van der Waals surface area contributed by atoms with Crippen LogP contribution in [-0.4, -0.2) is 52.2 Å². The minimum absolute atomic E-state index is 0.310. The summed E-state index contributed by atoms with van der Waals surface area (Å²) in [5.74, 6) is -1.22. The van der Waals surface area contributed by atoms with Gasteiger partial charge >= 0.3 is 5.97 Å². The third kappa shape index (κ3) is 14.9. The van der Waals surface area contributed by atoms with Gasteiger partial charge in [0.25, 0.3) is 5.97 Å². The number of nitrogens with two attached hydrogens (primary N) is 1. The lowest BCUT2D eigenvalue weighted by Gasteiger charge is -2.18. The molecule has 0 bridgehead atoms. The van der Waals surface area contributed by atoms with Crippen LogP contribution in [0.2, 0.25) is 0 Å². The highest BCUT2D eigenvalue weighted by molar-refractivity contribution is 7.98. The predicted molar refractivity (Wildman–Crippen MR) is 83.3 cm³/mol. The van der Waals surface area contributed by atoms with Gasteiger partial charge in [0.05, 0.1) is 6.04 Å². The summed E-state index contributed by atoms with van der Waals surface area (Å²) in [6.45, 7) is 5.02. The van der Waals surface area contributed by atoms with Crippen molar-refractivity contribution in [2.75, 3.05) is 12.0 Å². The third-order valence-corrected chi connectivity index (χ3v) is 2.93.